The molecule has 2 atom stereocenters. The second-order valence-corrected chi connectivity index (χ2v) is 6.37. The van der Waals surface area contributed by atoms with Crippen LogP contribution in [-0.4, -0.2) is 40.0 Å². The van der Waals surface area contributed by atoms with E-state index in [1.54, 1.807) is 17.2 Å². The Labute approximate surface area is 163 Å². The Kier molecular flexibility index (Phi) is 4.49. The van der Waals surface area contributed by atoms with Gasteiger partial charge in [-0.1, -0.05) is 24.3 Å². The molecule has 2 aromatic rings. The number of carbonyl (C=O) groups is 1. The minimum atomic E-state index is -1.61. The van der Waals surface area contributed by atoms with Gasteiger partial charge in [-0.3, -0.25) is 4.79 Å². The molecule has 0 N–H and O–H groups in total. The topological polar surface area (TPSA) is 66.5 Å². The molecule has 0 aromatic heterocycles. The number of para-hydroxylation sites is 1. The highest BCUT2D eigenvalue weighted by Crippen LogP contribution is 2.51. The number of ether oxygens (including phenoxy) is 4. The van der Waals surface area contributed by atoms with Crippen molar-refractivity contribution in [2.45, 2.75) is 11.8 Å². The van der Waals surface area contributed by atoms with Gasteiger partial charge in [-0.2, -0.15) is 0 Å². The van der Waals surface area contributed by atoms with Crippen molar-refractivity contribution in [2.75, 3.05) is 33.5 Å². The molecule has 0 saturated heterocycles. The molecule has 0 unspecified atom stereocenters. The molecule has 2 aromatic carbocycles. The number of benzene rings is 2. The SMILES string of the molecule is COc1cc2c(c(OC)c1OC)C(=O)[C@]1(OC)C=C[C@H]2N(c2ccccc2)O1. The van der Waals surface area contributed by atoms with Crippen LogP contribution in [0.15, 0.2) is 48.6 Å². The lowest BCUT2D eigenvalue weighted by molar-refractivity contribution is -0.169. The Morgan fingerprint density at radius 3 is 2.32 bits per heavy atom. The standard InChI is InChI=1S/C21H21NO6/c1-24-16-12-14-15-10-11-21(27-4,28-22(15)13-8-6-5-7-9-13)20(23)17(14)19(26-3)18(16)25-2/h5-12,15H,1-4H3/t15-,21+/m1/s1. The number of hydrogen-bond donors (Lipinski definition) is 0. The third kappa shape index (κ3) is 2.47. The van der Waals surface area contributed by atoms with Crippen LogP contribution in [0.1, 0.15) is 22.0 Å². The first-order valence-corrected chi connectivity index (χ1v) is 8.75. The molecule has 2 aliphatic heterocycles. The quantitative estimate of drug-likeness (QED) is 0.734. The molecule has 5 rings (SSSR count). The minimum Gasteiger partial charge on any atom is -0.493 e. The van der Waals surface area contributed by atoms with Gasteiger partial charge in [0, 0.05) is 7.11 Å². The molecule has 0 fully saturated rings. The monoisotopic (exact) mass is 383 g/mol. The fourth-order valence-electron chi connectivity index (χ4n) is 3.68. The van der Waals surface area contributed by atoms with Gasteiger partial charge in [-0.15, -0.1) is 0 Å². The van der Waals surface area contributed by atoms with Crippen LogP contribution < -0.4 is 19.3 Å². The van der Waals surface area contributed by atoms with E-state index in [1.165, 1.54) is 28.4 Å². The number of methoxy groups -OCH3 is 4. The van der Waals surface area contributed by atoms with Gasteiger partial charge in [0.05, 0.1) is 32.6 Å². The molecule has 0 amide bonds. The lowest BCUT2D eigenvalue weighted by Gasteiger charge is -2.38. The molecule has 3 aliphatic rings. The Morgan fingerprint density at radius 1 is 1.00 bits per heavy atom. The van der Waals surface area contributed by atoms with E-state index in [1.807, 2.05) is 36.4 Å². The van der Waals surface area contributed by atoms with Gasteiger partial charge >= 0.3 is 0 Å². The van der Waals surface area contributed by atoms with Gasteiger partial charge < -0.3 is 18.9 Å². The maximum absolute atomic E-state index is 13.6. The number of rotatable bonds is 5. The number of carbonyl (C=O) groups excluding carboxylic acids is 1. The van der Waals surface area contributed by atoms with E-state index in [2.05, 4.69) is 0 Å². The highest BCUT2D eigenvalue weighted by Gasteiger charge is 2.52. The molecule has 0 spiro atoms. The maximum atomic E-state index is 13.6. The molecule has 2 heterocycles. The number of ketones is 1. The van der Waals surface area contributed by atoms with E-state index in [9.17, 15) is 4.79 Å². The fourth-order valence-corrected chi connectivity index (χ4v) is 3.68. The summed E-state index contributed by atoms with van der Waals surface area (Å²) in [6, 6.07) is 10.9. The Morgan fingerprint density at radius 2 is 1.71 bits per heavy atom. The number of hydrogen-bond acceptors (Lipinski definition) is 7. The average molecular weight is 383 g/mol. The van der Waals surface area contributed by atoms with Crippen LogP contribution in [-0.2, 0) is 9.57 Å². The smallest absolute Gasteiger partial charge is 0.277 e. The second kappa shape index (κ2) is 6.85. The lowest BCUT2D eigenvalue weighted by atomic mass is 9.95. The van der Waals surface area contributed by atoms with Gasteiger partial charge in [0.25, 0.3) is 5.79 Å². The summed E-state index contributed by atoms with van der Waals surface area (Å²) in [6.45, 7) is 0. The van der Waals surface area contributed by atoms with Crippen molar-refractivity contribution in [2.24, 2.45) is 0 Å². The predicted molar refractivity (Wildman–Crippen MR) is 102 cm³/mol. The first-order chi connectivity index (χ1) is 13.6. The zero-order valence-electron chi connectivity index (χ0n) is 16.1. The summed E-state index contributed by atoms with van der Waals surface area (Å²) in [7, 11) is 5.96. The number of nitrogens with zero attached hydrogens (tertiary/aromatic N) is 1. The molecular formula is C21H21NO6. The van der Waals surface area contributed by atoms with Crippen molar-refractivity contribution in [3.63, 3.8) is 0 Å². The largest absolute Gasteiger partial charge is 0.493 e. The normalized spacial score (nSPS) is 22.6. The average Bonchev–Trinajstić information content (AvgIpc) is 2.94. The van der Waals surface area contributed by atoms with Gasteiger partial charge in [-0.05, 0) is 29.8 Å². The van der Waals surface area contributed by atoms with E-state index < -0.39 is 5.79 Å². The highest BCUT2D eigenvalue weighted by molar-refractivity contribution is 6.08. The zero-order valence-corrected chi connectivity index (χ0v) is 16.1. The lowest BCUT2D eigenvalue weighted by Crippen LogP contribution is -2.48. The molecule has 7 nitrogen and oxygen atoms in total. The fraction of sp³-hybridized carbons (Fsp3) is 0.286. The Balaban J connectivity index is 2.02. The molecule has 146 valence electrons. The summed E-state index contributed by atoms with van der Waals surface area (Å²) < 4.78 is 22.1. The van der Waals surface area contributed by atoms with Crippen LogP contribution in [0.3, 0.4) is 0 Å². The van der Waals surface area contributed by atoms with Crippen molar-refractivity contribution in [3.8, 4) is 17.2 Å². The van der Waals surface area contributed by atoms with Gasteiger partial charge in [0.1, 0.15) is 6.04 Å². The highest BCUT2D eigenvalue weighted by atomic mass is 16.8. The summed E-state index contributed by atoms with van der Waals surface area (Å²) in [6.07, 6.45) is 3.52. The van der Waals surface area contributed by atoms with Gasteiger partial charge in [-0.25, -0.2) is 9.90 Å². The minimum absolute atomic E-state index is 0.287. The van der Waals surface area contributed by atoms with E-state index in [4.69, 9.17) is 23.8 Å². The summed E-state index contributed by atoms with van der Waals surface area (Å²) in [5.41, 5.74) is 1.80. The maximum Gasteiger partial charge on any atom is 0.277 e. The van der Waals surface area contributed by atoms with Crippen molar-refractivity contribution in [1.29, 1.82) is 0 Å². The zero-order chi connectivity index (χ0) is 19.9. The van der Waals surface area contributed by atoms with Crippen molar-refractivity contribution >= 4 is 11.5 Å². The van der Waals surface area contributed by atoms with Crippen LogP contribution in [0.4, 0.5) is 5.69 Å². The van der Waals surface area contributed by atoms with Gasteiger partial charge in [0.2, 0.25) is 11.5 Å². The summed E-state index contributed by atoms with van der Waals surface area (Å²) in [5.74, 6) is -0.889. The first-order valence-electron chi connectivity index (χ1n) is 8.75. The summed E-state index contributed by atoms with van der Waals surface area (Å²) in [5, 5.41) is 1.67. The van der Waals surface area contributed by atoms with Crippen molar-refractivity contribution in [1.82, 2.24) is 0 Å². The van der Waals surface area contributed by atoms with E-state index in [0.29, 0.717) is 22.6 Å². The molecule has 7 heteroatoms. The van der Waals surface area contributed by atoms with Crippen LogP contribution in [0, 0.1) is 0 Å². The van der Waals surface area contributed by atoms with Crippen LogP contribution in [0.2, 0.25) is 0 Å². The molecule has 0 radical (unpaired) electrons. The van der Waals surface area contributed by atoms with E-state index in [-0.39, 0.29) is 17.6 Å². The second-order valence-electron chi connectivity index (χ2n) is 6.37. The molecule has 28 heavy (non-hydrogen) atoms. The number of Topliss-reactive ketones (excluding diaryl/α,β-unsaturated/α-hetero) is 1. The Hall–Kier alpha value is -3.03. The van der Waals surface area contributed by atoms with Crippen LogP contribution >= 0.6 is 0 Å². The number of hydroxylamine groups is 1. The predicted octanol–water partition coefficient (Wildman–Crippen LogP) is 3.30. The van der Waals surface area contributed by atoms with Crippen LogP contribution in [0.5, 0.6) is 17.2 Å². The number of fused-ring (bicyclic) bond motifs is 1. The molecular weight excluding hydrogens is 362 g/mol. The summed E-state index contributed by atoms with van der Waals surface area (Å²) >= 11 is 0. The molecule has 1 aliphatic carbocycles. The van der Waals surface area contributed by atoms with Gasteiger partial charge in [0.15, 0.2) is 11.5 Å². The van der Waals surface area contributed by atoms with E-state index in [0.717, 1.165) is 5.69 Å². The van der Waals surface area contributed by atoms with Crippen LogP contribution in [0.25, 0.3) is 0 Å². The molecule has 0 saturated carbocycles. The first kappa shape index (κ1) is 18.3. The van der Waals surface area contributed by atoms with Crippen molar-refractivity contribution < 1.29 is 28.6 Å². The molecule has 2 bridgehead atoms. The third-order valence-electron chi connectivity index (χ3n) is 5.02. The summed E-state index contributed by atoms with van der Waals surface area (Å²) in [4.78, 5) is 19.7. The van der Waals surface area contributed by atoms with E-state index >= 15 is 0 Å². The van der Waals surface area contributed by atoms with Crippen molar-refractivity contribution in [3.05, 3.63) is 59.7 Å². The third-order valence-corrected chi connectivity index (χ3v) is 5.02. The number of anilines is 1. The Bertz CT molecular complexity index is 942.